The fourth-order valence-corrected chi connectivity index (χ4v) is 2.28. The Morgan fingerprint density at radius 1 is 0.778 bits per heavy atom. The number of rotatable bonds is 6. The maximum absolute atomic E-state index is 6.30. The number of aryl methyl sites for hydroxylation is 1. The summed E-state index contributed by atoms with van der Waals surface area (Å²) in [5.74, 6) is 0. The molecule has 2 aromatic carbocycles. The van der Waals surface area contributed by atoms with Gasteiger partial charge in [0.15, 0.2) is 0 Å². The molecule has 1 radical (unpaired) electrons. The van der Waals surface area contributed by atoms with Crippen molar-refractivity contribution in [2.24, 2.45) is 0 Å². The van der Waals surface area contributed by atoms with Gasteiger partial charge in [-0.05, 0) is 30.4 Å². The van der Waals surface area contributed by atoms with Gasteiger partial charge in [0.2, 0.25) is 0 Å². The largest absolute Gasteiger partial charge is 0.112 e. The van der Waals surface area contributed by atoms with Crippen molar-refractivity contribution in [3.63, 3.8) is 0 Å². The standard InChI is InChI=1S/C17H18Cl/c18-17(16-12-5-2-6-13-16)14-8-7-11-15-9-3-1-4-10-15/h1-6,9-10,12-13H,7-8,11,14H2. The van der Waals surface area contributed by atoms with Gasteiger partial charge in [-0.3, -0.25) is 0 Å². The van der Waals surface area contributed by atoms with Gasteiger partial charge in [0, 0.05) is 0 Å². The lowest BCUT2D eigenvalue weighted by Gasteiger charge is -2.08. The molecule has 0 aliphatic rings. The first-order valence-corrected chi connectivity index (χ1v) is 6.85. The van der Waals surface area contributed by atoms with Crippen LogP contribution in [0, 0.1) is 5.38 Å². The maximum atomic E-state index is 6.30. The zero-order valence-corrected chi connectivity index (χ0v) is 11.2. The number of hydrogen-bond acceptors (Lipinski definition) is 0. The summed E-state index contributed by atoms with van der Waals surface area (Å²) in [4.78, 5) is 0. The zero-order chi connectivity index (χ0) is 12.6. The minimum Gasteiger partial charge on any atom is -0.112 e. The molecule has 0 fully saturated rings. The Kier molecular flexibility index (Phi) is 5.29. The van der Waals surface area contributed by atoms with Crippen LogP contribution in [0.3, 0.4) is 0 Å². The van der Waals surface area contributed by atoms with E-state index in [1.54, 1.807) is 0 Å². The lowest BCUT2D eigenvalue weighted by molar-refractivity contribution is 0.723. The number of unbranched alkanes of at least 4 members (excludes halogenated alkanes) is 1. The molecule has 18 heavy (non-hydrogen) atoms. The van der Waals surface area contributed by atoms with Crippen LogP contribution < -0.4 is 0 Å². The molecule has 0 saturated heterocycles. The Hall–Kier alpha value is -1.27. The van der Waals surface area contributed by atoms with E-state index < -0.39 is 0 Å². The van der Waals surface area contributed by atoms with Gasteiger partial charge in [0.05, 0.1) is 5.38 Å². The molecule has 0 unspecified atom stereocenters. The third-order valence-corrected chi connectivity index (χ3v) is 3.45. The molecule has 0 nitrogen and oxygen atoms in total. The zero-order valence-electron chi connectivity index (χ0n) is 10.5. The Bertz CT molecular complexity index is 436. The first-order chi connectivity index (χ1) is 8.86. The molecule has 0 bridgehead atoms. The molecule has 0 aliphatic carbocycles. The van der Waals surface area contributed by atoms with E-state index in [1.807, 2.05) is 18.2 Å². The van der Waals surface area contributed by atoms with Crippen LogP contribution in [-0.4, -0.2) is 0 Å². The summed E-state index contributed by atoms with van der Waals surface area (Å²) in [6, 6.07) is 20.8. The van der Waals surface area contributed by atoms with Crippen molar-refractivity contribution < 1.29 is 0 Å². The molecule has 0 heterocycles. The van der Waals surface area contributed by atoms with Crippen LogP contribution in [0.25, 0.3) is 0 Å². The van der Waals surface area contributed by atoms with E-state index in [0.717, 1.165) is 30.2 Å². The Balaban J connectivity index is 1.70. The summed E-state index contributed by atoms with van der Waals surface area (Å²) in [5.41, 5.74) is 2.56. The lowest BCUT2D eigenvalue weighted by atomic mass is 10.0. The summed E-state index contributed by atoms with van der Waals surface area (Å²) in [5, 5.41) is 0.976. The summed E-state index contributed by atoms with van der Waals surface area (Å²) >= 11 is 6.30. The average molecular weight is 258 g/mol. The number of halogens is 1. The quantitative estimate of drug-likeness (QED) is 0.623. The van der Waals surface area contributed by atoms with Crippen LogP contribution in [0.4, 0.5) is 0 Å². The first-order valence-electron chi connectivity index (χ1n) is 6.47. The molecule has 2 aromatic rings. The molecule has 0 N–H and O–H groups in total. The van der Waals surface area contributed by atoms with Crippen molar-refractivity contribution in [2.45, 2.75) is 25.7 Å². The summed E-state index contributed by atoms with van der Waals surface area (Å²) in [6.07, 6.45) is 4.44. The molecule has 1 heteroatoms. The van der Waals surface area contributed by atoms with Crippen molar-refractivity contribution >= 4 is 11.6 Å². The van der Waals surface area contributed by atoms with Crippen molar-refractivity contribution in [3.8, 4) is 0 Å². The van der Waals surface area contributed by atoms with Gasteiger partial charge in [0.1, 0.15) is 0 Å². The van der Waals surface area contributed by atoms with Crippen LogP contribution in [0.15, 0.2) is 60.7 Å². The monoisotopic (exact) mass is 257 g/mol. The highest BCUT2D eigenvalue weighted by atomic mass is 35.5. The highest BCUT2D eigenvalue weighted by Gasteiger charge is 2.07. The van der Waals surface area contributed by atoms with E-state index in [0.29, 0.717) is 0 Å². The molecule has 0 saturated carbocycles. The smallest absolute Gasteiger partial charge is 0.0927 e. The van der Waals surface area contributed by atoms with E-state index in [-0.39, 0.29) is 0 Å². The van der Waals surface area contributed by atoms with Gasteiger partial charge in [-0.25, -0.2) is 0 Å². The fraction of sp³-hybridized carbons (Fsp3) is 0.235. The Labute approximate surface area is 115 Å². The molecule has 0 atom stereocenters. The normalized spacial score (nSPS) is 10.8. The van der Waals surface area contributed by atoms with Crippen LogP contribution in [0.5, 0.6) is 0 Å². The average Bonchev–Trinajstić information content (AvgIpc) is 2.45. The molecule has 2 rings (SSSR count). The van der Waals surface area contributed by atoms with E-state index in [4.69, 9.17) is 11.6 Å². The highest BCUT2D eigenvalue weighted by Crippen LogP contribution is 2.25. The third-order valence-electron chi connectivity index (χ3n) is 3.04. The van der Waals surface area contributed by atoms with Crippen molar-refractivity contribution in [1.29, 1.82) is 0 Å². The topological polar surface area (TPSA) is 0 Å². The predicted molar refractivity (Wildman–Crippen MR) is 78.6 cm³/mol. The van der Waals surface area contributed by atoms with Gasteiger partial charge in [-0.2, -0.15) is 0 Å². The summed E-state index contributed by atoms with van der Waals surface area (Å²) in [7, 11) is 0. The van der Waals surface area contributed by atoms with Gasteiger partial charge < -0.3 is 0 Å². The lowest BCUT2D eigenvalue weighted by Crippen LogP contribution is -1.92. The predicted octanol–water partition coefficient (Wildman–Crippen LogP) is 5.22. The molecule has 0 spiro atoms. The van der Waals surface area contributed by atoms with E-state index in [2.05, 4.69) is 42.5 Å². The highest BCUT2D eigenvalue weighted by molar-refractivity contribution is 6.29. The molecule has 93 valence electrons. The van der Waals surface area contributed by atoms with Crippen LogP contribution >= 0.6 is 11.6 Å². The van der Waals surface area contributed by atoms with E-state index in [1.165, 1.54) is 12.0 Å². The molecule has 0 amide bonds. The van der Waals surface area contributed by atoms with Crippen LogP contribution in [0.2, 0.25) is 0 Å². The van der Waals surface area contributed by atoms with E-state index in [9.17, 15) is 0 Å². The van der Waals surface area contributed by atoms with Crippen LogP contribution in [0.1, 0.15) is 30.4 Å². The third kappa shape index (κ3) is 4.19. The molecule has 0 aromatic heterocycles. The Morgan fingerprint density at radius 2 is 1.39 bits per heavy atom. The molecular formula is C17H18Cl. The molecular weight excluding hydrogens is 240 g/mol. The minimum absolute atomic E-state index is 0.971. The number of hydrogen-bond donors (Lipinski definition) is 0. The van der Waals surface area contributed by atoms with Gasteiger partial charge >= 0.3 is 0 Å². The second kappa shape index (κ2) is 7.23. The summed E-state index contributed by atoms with van der Waals surface area (Å²) < 4.78 is 0. The van der Waals surface area contributed by atoms with Crippen molar-refractivity contribution in [2.75, 3.05) is 0 Å². The Morgan fingerprint density at radius 3 is 2.06 bits per heavy atom. The first kappa shape index (κ1) is 13.2. The van der Waals surface area contributed by atoms with Crippen LogP contribution in [-0.2, 0) is 6.42 Å². The van der Waals surface area contributed by atoms with Crippen molar-refractivity contribution in [1.82, 2.24) is 0 Å². The summed E-state index contributed by atoms with van der Waals surface area (Å²) in [6.45, 7) is 0. The second-order valence-electron chi connectivity index (χ2n) is 4.46. The number of benzene rings is 2. The molecule has 0 aliphatic heterocycles. The SMILES string of the molecule is Cl[C](CCCCc1ccccc1)c1ccccc1. The minimum atomic E-state index is 0.971. The van der Waals surface area contributed by atoms with Crippen molar-refractivity contribution in [3.05, 3.63) is 77.2 Å². The maximum Gasteiger partial charge on any atom is 0.0927 e. The van der Waals surface area contributed by atoms with Gasteiger partial charge in [-0.15, -0.1) is 11.6 Å². The van der Waals surface area contributed by atoms with E-state index >= 15 is 0 Å². The second-order valence-corrected chi connectivity index (χ2v) is 4.92. The van der Waals surface area contributed by atoms with Gasteiger partial charge in [0.25, 0.3) is 0 Å². The van der Waals surface area contributed by atoms with Gasteiger partial charge in [-0.1, -0.05) is 67.1 Å². The fourth-order valence-electron chi connectivity index (χ4n) is 2.02.